The molecule has 1 amide bonds. The molecule has 0 unspecified atom stereocenters. The molecule has 1 N–H and O–H groups in total. The molecule has 160 valence electrons. The van der Waals surface area contributed by atoms with Gasteiger partial charge in [0, 0.05) is 26.2 Å². The van der Waals surface area contributed by atoms with Crippen molar-refractivity contribution in [1.29, 1.82) is 0 Å². The van der Waals surface area contributed by atoms with Crippen molar-refractivity contribution in [3.8, 4) is 5.75 Å². The first-order valence-corrected chi connectivity index (χ1v) is 11.2. The normalized spacial score (nSPS) is 23.2. The largest absolute Gasteiger partial charge is 0.495 e. The fourth-order valence-electron chi connectivity index (χ4n) is 4.40. The Bertz CT molecular complexity index is 883. The molecule has 0 aromatic heterocycles. The molecule has 9 heteroatoms. The topological polar surface area (TPSA) is 102 Å². The zero-order valence-corrected chi connectivity index (χ0v) is 17.8. The maximum absolute atomic E-state index is 12.4. The summed E-state index contributed by atoms with van der Waals surface area (Å²) in [5.74, 6) is 1.05. The minimum Gasteiger partial charge on any atom is -0.495 e. The van der Waals surface area contributed by atoms with Gasteiger partial charge in [-0.2, -0.15) is 0 Å². The van der Waals surface area contributed by atoms with Gasteiger partial charge in [-0.1, -0.05) is 6.42 Å². The van der Waals surface area contributed by atoms with E-state index in [0.29, 0.717) is 18.3 Å². The second kappa shape index (κ2) is 8.71. The van der Waals surface area contributed by atoms with Crippen molar-refractivity contribution in [3.63, 3.8) is 0 Å². The summed E-state index contributed by atoms with van der Waals surface area (Å²) in [6.07, 6.45) is 5.13. The lowest BCUT2D eigenvalue weighted by Crippen LogP contribution is -2.24. The number of fused-ring (bicyclic) bond motifs is 2. The van der Waals surface area contributed by atoms with E-state index >= 15 is 0 Å². The van der Waals surface area contributed by atoms with Gasteiger partial charge in [0.15, 0.2) is 6.61 Å². The highest BCUT2D eigenvalue weighted by Crippen LogP contribution is 2.49. The van der Waals surface area contributed by atoms with E-state index < -0.39 is 22.5 Å². The third-order valence-corrected chi connectivity index (χ3v) is 7.72. The quantitative estimate of drug-likeness (QED) is 0.642. The number of carbonyl (C=O) groups excluding carboxylic acids is 2. The van der Waals surface area contributed by atoms with Crippen LogP contribution < -0.4 is 10.1 Å². The number of nitrogens with one attached hydrogen (secondary N) is 1. The molecule has 0 aliphatic heterocycles. The summed E-state index contributed by atoms with van der Waals surface area (Å²) < 4.78 is 36.2. The number of methoxy groups -OCH3 is 1. The van der Waals surface area contributed by atoms with Crippen LogP contribution in [0.25, 0.3) is 0 Å². The smallest absolute Gasteiger partial charge is 0.306 e. The summed E-state index contributed by atoms with van der Waals surface area (Å²) in [7, 11) is 0.448. The molecule has 0 radical (unpaired) electrons. The van der Waals surface area contributed by atoms with Crippen molar-refractivity contribution in [2.24, 2.45) is 17.8 Å². The lowest BCUT2D eigenvalue weighted by molar-refractivity contribution is -0.148. The minimum absolute atomic E-state index is 0.0592. The Labute approximate surface area is 171 Å². The molecular weight excluding hydrogens is 396 g/mol. The van der Waals surface area contributed by atoms with Crippen LogP contribution in [0.15, 0.2) is 23.1 Å². The van der Waals surface area contributed by atoms with Crippen LogP contribution in [-0.2, 0) is 24.3 Å². The molecule has 3 rings (SSSR count). The van der Waals surface area contributed by atoms with Gasteiger partial charge in [0.1, 0.15) is 10.6 Å². The molecular formula is C20H28N2O6S. The molecule has 3 atom stereocenters. The molecule has 0 saturated heterocycles. The second-order valence-electron chi connectivity index (χ2n) is 8.00. The van der Waals surface area contributed by atoms with E-state index in [0.717, 1.165) is 16.6 Å². The molecule has 2 bridgehead atoms. The first-order valence-electron chi connectivity index (χ1n) is 9.76. The Morgan fingerprint density at radius 3 is 2.55 bits per heavy atom. The van der Waals surface area contributed by atoms with E-state index in [-0.39, 0.29) is 22.3 Å². The number of nitrogens with zero attached hydrogens (tertiary/aromatic N) is 1. The van der Waals surface area contributed by atoms with Crippen LogP contribution in [0, 0.1) is 17.8 Å². The van der Waals surface area contributed by atoms with Crippen LogP contribution in [0.1, 0.15) is 32.1 Å². The number of ether oxygens (including phenoxy) is 2. The molecule has 2 aliphatic rings. The third kappa shape index (κ3) is 4.90. The lowest BCUT2D eigenvalue weighted by atomic mass is 9.86. The Morgan fingerprint density at radius 1 is 1.21 bits per heavy atom. The number of rotatable bonds is 8. The zero-order chi connectivity index (χ0) is 21.2. The Hall–Kier alpha value is -2.13. The number of amides is 1. The van der Waals surface area contributed by atoms with Crippen molar-refractivity contribution in [1.82, 2.24) is 4.31 Å². The average molecular weight is 425 g/mol. The molecule has 0 heterocycles. The Kier molecular flexibility index (Phi) is 6.48. The Morgan fingerprint density at radius 2 is 1.97 bits per heavy atom. The highest BCUT2D eigenvalue weighted by Gasteiger charge is 2.40. The summed E-state index contributed by atoms with van der Waals surface area (Å²) in [6, 6.07) is 4.32. The van der Waals surface area contributed by atoms with Gasteiger partial charge in [-0.05, 0) is 55.2 Å². The molecule has 2 fully saturated rings. The molecule has 29 heavy (non-hydrogen) atoms. The van der Waals surface area contributed by atoms with Crippen molar-refractivity contribution in [2.45, 2.75) is 37.0 Å². The highest BCUT2D eigenvalue weighted by atomic mass is 32.2. The fourth-order valence-corrected chi connectivity index (χ4v) is 5.47. The van der Waals surface area contributed by atoms with E-state index in [9.17, 15) is 18.0 Å². The van der Waals surface area contributed by atoms with Crippen LogP contribution in [0.5, 0.6) is 5.75 Å². The predicted molar refractivity (Wildman–Crippen MR) is 107 cm³/mol. The van der Waals surface area contributed by atoms with Crippen LogP contribution in [0.3, 0.4) is 0 Å². The van der Waals surface area contributed by atoms with Crippen molar-refractivity contribution in [2.75, 3.05) is 33.1 Å². The number of hydrogen-bond acceptors (Lipinski definition) is 6. The number of hydrogen-bond donors (Lipinski definition) is 1. The van der Waals surface area contributed by atoms with E-state index in [1.807, 2.05) is 0 Å². The van der Waals surface area contributed by atoms with Crippen LogP contribution in [-0.4, -0.2) is 52.4 Å². The summed E-state index contributed by atoms with van der Waals surface area (Å²) in [5.41, 5.74) is 0.278. The van der Waals surface area contributed by atoms with Crippen LogP contribution >= 0.6 is 0 Å². The van der Waals surface area contributed by atoms with Crippen LogP contribution in [0.2, 0.25) is 0 Å². The van der Waals surface area contributed by atoms with Crippen molar-refractivity contribution < 1.29 is 27.5 Å². The highest BCUT2D eigenvalue weighted by molar-refractivity contribution is 7.89. The number of benzene rings is 1. The van der Waals surface area contributed by atoms with Gasteiger partial charge in [0.05, 0.1) is 7.11 Å². The summed E-state index contributed by atoms with van der Waals surface area (Å²) in [6.45, 7) is -0.401. The average Bonchev–Trinajstić information content (AvgIpc) is 3.29. The number of carbonyl (C=O) groups is 2. The third-order valence-electron chi connectivity index (χ3n) is 5.88. The van der Waals surface area contributed by atoms with Gasteiger partial charge in [-0.3, -0.25) is 9.59 Å². The maximum Gasteiger partial charge on any atom is 0.306 e. The predicted octanol–water partition coefficient (Wildman–Crippen LogP) is 2.25. The molecule has 1 aromatic rings. The fraction of sp³-hybridized carbons (Fsp3) is 0.600. The molecule has 2 aliphatic carbocycles. The van der Waals surface area contributed by atoms with E-state index in [1.54, 1.807) is 0 Å². The summed E-state index contributed by atoms with van der Waals surface area (Å²) in [4.78, 5) is 24.2. The SMILES string of the molecule is COc1ccc(NC(=O)COC(=O)C[C@H]2C[C@H]3CC[C@@H]2C3)cc1S(=O)(=O)N(C)C. The van der Waals surface area contributed by atoms with E-state index in [1.165, 1.54) is 58.7 Å². The molecule has 1 aromatic carbocycles. The monoisotopic (exact) mass is 424 g/mol. The van der Waals surface area contributed by atoms with Gasteiger partial charge in [0.2, 0.25) is 10.0 Å². The minimum atomic E-state index is -3.75. The molecule has 8 nitrogen and oxygen atoms in total. The van der Waals surface area contributed by atoms with Crippen molar-refractivity contribution >= 4 is 27.6 Å². The second-order valence-corrected chi connectivity index (χ2v) is 10.1. The van der Waals surface area contributed by atoms with Crippen molar-refractivity contribution in [3.05, 3.63) is 18.2 Å². The van der Waals surface area contributed by atoms with Gasteiger partial charge in [0.25, 0.3) is 5.91 Å². The van der Waals surface area contributed by atoms with Crippen LogP contribution in [0.4, 0.5) is 5.69 Å². The van der Waals surface area contributed by atoms with E-state index in [2.05, 4.69) is 5.32 Å². The maximum atomic E-state index is 12.4. The standard InChI is InChI=1S/C20H28N2O6S/c1-22(2)29(25,26)18-11-16(6-7-17(18)27-3)21-19(23)12-28-20(24)10-15-9-13-4-5-14(15)8-13/h6-7,11,13-15H,4-5,8-10,12H2,1-3H3,(H,21,23)/t13-,14+,15+/m0/s1. The van der Waals surface area contributed by atoms with Gasteiger partial charge >= 0.3 is 5.97 Å². The lowest BCUT2D eigenvalue weighted by Gasteiger charge is -2.20. The first-order chi connectivity index (χ1) is 13.7. The molecule has 0 spiro atoms. The molecule has 2 saturated carbocycles. The number of sulfonamides is 1. The number of anilines is 1. The van der Waals surface area contributed by atoms with Gasteiger partial charge in [-0.15, -0.1) is 0 Å². The van der Waals surface area contributed by atoms with E-state index in [4.69, 9.17) is 9.47 Å². The number of esters is 1. The summed E-state index contributed by atoms with van der Waals surface area (Å²) >= 11 is 0. The summed E-state index contributed by atoms with van der Waals surface area (Å²) in [5, 5.41) is 2.57. The Balaban J connectivity index is 1.55. The van der Waals surface area contributed by atoms with Gasteiger partial charge in [-0.25, -0.2) is 12.7 Å². The first kappa shape index (κ1) is 21.6. The van der Waals surface area contributed by atoms with Gasteiger partial charge < -0.3 is 14.8 Å². The zero-order valence-electron chi connectivity index (χ0n) is 17.0.